The van der Waals surface area contributed by atoms with Gasteiger partial charge in [0.05, 0.1) is 5.56 Å². The normalized spacial score (nSPS) is 22.6. The zero-order valence-electron chi connectivity index (χ0n) is 15.7. The van der Waals surface area contributed by atoms with Crippen molar-refractivity contribution < 1.29 is 18.4 Å². The van der Waals surface area contributed by atoms with Crippen LogP contribution in [0.1, 0.15) is 43.0 Å². The molecule has 2 heterocycles. The number of piperidine rings is 2. The highest BCUT2D eigenvalue weighted by Crippen LogP contribution is 2.26. The van der Waals surface area contributed by atoms with Crippen molar-refractivity contribution in [3.8, 4) is 0 Å². The molecule has 2 unspecified atom stereocenters. The summed E-state index contributed by atoms with van der Waals surface area (Å²) in [6.07, 6.45) is 3.15. The van der Waals surface area contributed by atoms with Crippen LogP contribution in [0, 0.1) is 23.5 Å². The van der Waals surface area contributed by atoms with E-state index in [-0.39, 0.29) is 23.4 Å². The van der Waals surface area contributed by atoms with Crippen LogP contribution in [0.2, 0.25) is 0 Å². The topological polar surface area (TPSA) is 66.6 Å². The average Bonchev–Trinajstić information content (AvgIpc) is 2.67. The van der Waals surface area contributed by atoms with Gasteiger partial charge < -0.3 is 15.5 Å². The molecule has 0 saturated carbocycles. The Labute approximate surface area is 158 Å². The van der Waals surface area contributed by atoms with Crippen molar-refractivity contribution in [2.24, 2.45) is 17.6 Å². The minimum atomic E-state index is -0.853. The van der Waals surface area contributed by atoms with Crippen LogP contribution >= 0.6 is 0 Å². The van der Waals surface area contributed by atoms with Gasteiger partial charge in [-0.25, -0.2) is 8.78 Å². The largest absolute Gasteiger partial charge is 0.342 e. The number of carbonyl (C=O) groups is 2. The lowest BCUT2D eigenvalue weighted by molar-refractivity contribution is -0.138. The van der Waals surface area contributed by atoms with Crippen molar-refractivity contribution in [3.63, 3.8) is 0 Å². The summed E-state index contributed by atoms with van der Waals surface area (Å²) in [4.78, 5) is 28.8. The molecular weight excluding hydrogens is 352 g/mol. The SMILES string of the molecule is CC(N)C1CCCN(C(=O)C2CCN(C(=O)c3ccc(F)cc3F)CC2)C1. The van der Waals surface area contributed by atoms with Crippen molar-refractivity contribution in [2.75, 3.05) is 26.2 Å². The molecule has 2 N–H and O–H groups in total. The second-order valence-corrected chi connectivity index (χ2v) is 7.74. The van der Waals surface area contributed by atoms with Gasteiger partial charge in [0.1, 0.15) is 11.6 Å². The van der Waals surface area contributed by atoms with Crippen molar-refractivity contribution in [3.05, 3.63) is 35.4 Å². The highest BCUT2D eigenvalue weighted by Gasteiger charge is 2.33. The Kier molecular flexibility index (Phi) is 6.09. The number of benzene rings is 1. The van der Waals surface area contributed by atoms with E-state index < -0.39 is 17.5 Å². The molecule has 3 rings (SSSR count). The molecule has 27 heavy (non-hydrogen) atoms. The summed E-state index contributed by atoms with van der Waals surface area (Å²) in [7, 11) is 0. The maximum atomic E-state index is 13.8. The summed E-state index contributed by atoms with van der Waals surface area (Å²) in [5.41, 5.74) is 5.87. The number of nitrogens with zero attached hydrogens (tertiary/aromatic N) is 2. The number of likely N-dealkylation sites (tertiary alicyclic amines) is 2. The van der Waals surface area contributed by atoms with Crippen molar-refractivity contribution >= 4 is 11.8 Å². The number of halogens is 2. The third-order valence-corrected chi connectivity index (χ3v) is 5.81. The Hall–Kier alpha value is -2.02. The summed E-state index contributed by atoms with van der Waals surface area (Å²) in [6, 6.07) is 3.05. The zero-order chi connectivity index (χ0) is 19.6. The molecule has 1 aromatic carbocycles. The van der Waals surface area contributed by atoms with Crippen LogP contribution in [0.5, 0.6) is 0 Å². The number of carbonyl (C=O) groups excluding carboxylic acids is 2. The number of hydrogen-bond acceptors (Lipinski definition) is 3. The minimum absolute atomic E-state index is 0.0747. The van der Waals surface area contributed by atoms with Gasteiger partial charge in [-0.3, -0.25) is 9.59 Å². The molecule has 0 aliphatic carbocycles. The van der Waals surface area contributed by atoms with Crippen LogP contribution in [0.4, 0.5) is 8.78 Å². The van der Waals surface area contributed by atoms with E-state index in [0.29, 0.717) is 44.5 Å². The van der Waals surface area contributed by atoms with E-state index in [0.717, 1.165) is 25.5 Å². The van der Waals surface area contributed by atoms with Gasteiger partial charge in [-0.15, -0.1) is 0 Å². The molecule has 1 aromatic rings. The fourth-order valence-corrected chi connectivity index (χ4v) is 4.06. The van der Waals surface area contributed by atoms with Gasteiger partial charge >= 0.3 is 0 Å². The first kappa shape index (κ1) is 19.7. The minimum Gasteiger partial charge on any atom is -0.342 e. The average molecular weight is 379 g/mol. The molecule has 0 bridgehead atoms. The summed E-state index contributed by atoms with van der Waals surface area (Å²) >= 11 is 0. The van der Waals surface area contributed by atoms with E-state index in [4.69, 9.17) is 5.73 Å². The van der Waals surface area contributed by atoms with Gasteiger partial charge in [-0.2, -0.15) is 0 Å². The maximum Gasteiger partial charge on any atom is 0.256 e. The van der Waals surface area contributed by atoms with Crippen molar-refractivity contribution in [1.82, 2.24) is 9.80 Å². The van der Waals surface area contributed by atoms with Crippen LogP contribution in [-0.2, 0) is 4.79 Å². The Bertz CT molecular complexity index is 702. The first-order valence-corrected chi connectivity index (χ1v) is 9.65. The van der Waals surface area contributed by atoms with E-state index in [2.05, 4.69) is 0 Å². The van der Waals surface area contributed by atoms with Crippen LogP contribution < -0.4 is 5.73 Å². The van der Waals surface area contributed by atoms with Crippen LogP contribution in [0.3, 0.4) is 0 Å². The Balaban J connectivity index is 1.56. The number of amides is 2. The highest BCUT2D eigenvalue weighted by atomic mass is 19.1. The van der Waals surface area contributed by atoms with Crippen LogP contribution in [0.25, 0.3) is 0 Å². The quantitative estimate of drug-likeness (QED) is 0.877. The molecular formula is C20H27F2N3O2. The van der Waals surface area contributed by atoms with E-state index in [1.54, 1.807) is 4.90 Å². The maximum absolute atomic E-state index is 13.8. The van der Waals surface area contributed by atoms with E-state index >= 15 is 0 Å². The van der Waals surface area contributed by atoms with E-state index in [9.17, 15) is 18.4 Å². The second kappa shape index (κ2) is 8.33. The lowest BCUT2D eigenvalue weighted by Crippen LogP contribution is -2.49. The Morgan fingerprint density at radius 1 is 1.11 bits per heavy atom. The smallest absolute Gasteiger partial charge is 0.256 e. The molecule has 0 spiro atoms. The monoisotopic (exact) mass is 379 g/mol. The van der Waals surface area contributed by atoms with Gasteiger partial charge in [0.2, 0.25) is 5.91 Å². The van der Waals surface area contributed by atoms with Gasteiger partial charge in [0.25, 0.3) is 5.91 Å². The summed E-state index contributed by atoms with van der Waals surface area (Å²) in [5.74, 6) is -1.65. The molecule has 148 valence electrons. The van der Waals surface area contributed by atoms with Crippen molar-refractivity contribution in [2.45, 2.75) is 38.6 Å². The first-order valence-electron chi connectivity index (χ1n) is 9.65. The fourth-order valence-electron chi connectivity index (χ4n) is 4.06. The lowest BCUT2D eigenvalue weighted by atomic mass is 9.89. The standard InChI is InChI=1S/C20H27F2N3O2/c1-13(23)15-3-2-8-25(12-15)19(26)14-6-9-24(10-7-14)20(27)17-5-4-16(21)11-18(17)22/h4-5,11,13-15H,2-3,6-10,12,23H2,1H3. The van der Waals surface area contributed by atoms with Crippen LogP contribution in [0.15, 0.2) is 18.2 Å². The van der Waals surface area contributed by atoms with Gasteiger partial charge in [0.15, 0.2) is 0 Å². The third-order valence-electron chi connectivity index (χ3n) is 5.81. The molecule has 2 fully saturated rings. The van der Waals surface area contributed by atoms with Crippen LogP contribution in [-0.4, -0.2) is 53.8 Å². The molecule has 2 saturated heterocycles. The van der Waals surface area contributed by atoms with E-state index in [1.165, 1.54) is 6.07 Å². The molecule has 0 radical (unpaired) electrons. The predicted octanol–water partition coefficient (Wildman–Crippen LogP) is 2.40. The third kappa shape index (κ3) is 4.46. The summed E-state index contributed by atoms with van der Waals surface area (Å²) in [6.45, 7) is 4.25. The Morgan fingerprint density at radius 2 is 1.81 bits per heavy atom. The molecule has 0 aromatic heterocycles. The van der Waals surface area contributed by atoms with Gasteiger partial charge in [0, 0.05) is 44.2 Å². The second-order valence-electron chi connectivity index (χ2n) is 7.74. The van der Waals surface area contributed by atoms with Crippen molar-refractivity contribution in [1.29, 1.82) is 0 Å². The lowest BCUT2D eigenvalue weighted by Gasteiger charge is -2.38. The molecule has 2 atom stereocenters. The van der Waals surface area contributed by atoms with E-state index in [1.807, 2.05) is 11.8 Å². The Morgan fingerprint density at radius 3 is 2.44 bits per heavy atom. The number of hydrogen-bond donors (Lipinski definition) is 1. The molecule has 5 nitrogen and oxygen atoms in total. The number of nitrogens with two attached hydrogens (primary N) is 1. The molecule has 7 heteroatoms. The van der Waals surface area contributed by atoms with Gasteiger partial charge in [-0.1, -0.05) is 0 Å². The van der Waals surface area contributed by atoms with Gasteiger partial charge in [-0.05, 0) is 50.7 Å². The zero-order valence-corrected chi connectivity index (χ0v) is 15.7. The predicted molar refractivity (Wildman–Crippen MR) is 97.9 cm³/mol. The summed E-state index contributed by atoms with van der Waals surface area (Å²) < 4.78 is 26.9. The molecule has 2 aliphatic rings. The first-order chi connectivity index (χ1) is 12.9. The molecule has 2 aliphatic heterocycles. The highest BCUT2D eigenvalue weighted by molar-refractivity contribution is 5.94. The molecule has 2 amide bonds. The number of rotatable bonds is 3. The fraction of sp³-hybridized carbons (Fsp3) is 0.600. The summed E-state index contributed by atoms with van der Waals surface area (Å²) in [5, 5.41) is 0.